The van der Waals surface area contributed by atoms with E-state index >= 15 is 0 Å². The van der Waals surface area contributed by atoms with E-state index in [-0.39, 0.29) is 5.78 Å². The van der Waals surface area contributed by atoms with Crippen molar-refractivity contribution in [1.29, 1.82) is 0 Å². The highest BCUT2D eigenvalue weighted by molar-refractivity contribution is 7.99. The highest BCUT2D eigenvalue weighted by Gasteiger charge is 2.06. The maximum atomic E-state index is 11.8. The summed E-state index contributed by atoms with van der Waals surface area (Å²) in [5, 5.41) is 1.37. The molecule has 86 valence electrons. The number of benzene rings is 1. The zero-order valence-electron chi connectivity index (χ0n) is 8.84. The predicted molar refractivity (Wildman–Crippen MR) is 68.5 cm³/mol. The lowest BCUT2D eigenvalue weighted by molar-refractivity contribution is 0.102. The minimum absolute atomic E-state index is 0.0531. The van der Waals surface area contributed by atoms with Crippen LogP contribution in [0.25, 0.3) is 0 Å². The molecule has 0 unspecified atom stereocenters. The number of nitrogens with zero attached hydrogens (tertiary/aromatic N) is 2. The molecule has 0 atom stereocenters. The van der Waals surface area contributed by atoms with Crippen molar-refractivity contribution in [3.05, 3.63) is 53.4 Å². The highest BCUT2D eigenvalue weighted by Crippen LogP contribution is 2.16. The van der Waals surface area contributed by atoms with Gasteiger partial charge < -0.3 is 0 Å². The third-order valence-electron chi connectivity index (χ3n) is 2.06. The smallest absolute Gasteiger partial charge is 0.173 e. The molecule has 3 nitrogen and oxygen atoms in total. The molecule has 0 spiro atoms. The monoisotopic (exact) mass is 264 g/mol. The molecule has 17 heavy (non-hydrogen) atoms. The normalized spacial score (nSPS) is 10.2. The van der Waals surface area contributed by atoms with Crippen molar-refractivity contribution in [2.45, 2.75) is 5.03 Å². The molecule has 0 saturated heterocycles. The maximum absolute atomic E-state index is 11.8. The van der Waals surface area contributed by atoms with Gasteiger partial charge in [-0.15, -0.1) is 0 Å². The average molecular weight is 265 g/mol. The lowest BCUT2D eigenvalue weighted by Gasteiger charge is -2.00. The number of rotatable bonds is 4. The second kappa shape index (κ2) is 5.80. The first-order chi connectivity index (χ1) is 8.25. The van der Waals surface area contributed by atoms with Crippen LogP contribution in [0.15, 0.2) is 47.9 Å². The van der Waals surface area contributed by atoms with Crippen molar-refractivity contribution in [2.75, 3.05) is 5.75 Å². The Labute approximate surface area is 108 Å². The van der Waals surface area contributed by atoms with Crippen molar-refractivity contribution < 1.29 is 4.79 Å². The van der Waals surface area contributed by atoms with Gasteiger partial charge in [-0.3, -0.25) is 9.78 Å². The predicted octanol–water partition coefficient (Wildman–Crippen LogP) is 3.11. The van der Waals surface area contributed by atoms with Crippen molar-refractivity contribution in [2.24, 2.45) is 0 Å². The van der Waals surface area contributed by atoms with Gasteiger partial charge in [0.15, 0.2) is 5.78 Å². The molecule has 2 aromatic rings. The molecule has 1 heterocycles. The zero-order valence-corrected chi connectivity index (χ0v) is 10.4. The second-order valence-electron chi connectivity index (χ2n) is 3.26. The molecule has 0 aliphatic carbocycles. The average Bonchev–Trinajstić information content (AvgIpc) is 2.38. The maximum Gasteiger partial charge on any atom is 0.173 e. The van der Waals surface area contributed by atoms with Gasteiger partial charge in [0.05, 0.1) is 11.9 Å². The van der Waals surface area contributed by atoms with Crippen LogP contribution in [0.1, 0.15) is 10.4 Å². The van der Waals surface area contributed by atoms with Crippen LogP contribution in [0.5, 0.6) is 0 Å². The third kappa shape index (κ3) is 3.54. The molecule has 0 fully saturated rings. The van der Waals surface area contributed by atoms with Gasteiger partial charge in [-0.05, 0) is 24.3 Å². The molecule has 0 saturated carbocycles. The molecule has 1 aromatic heterocycles. The van der Waals surface area contributed by atoms with Crippen LogP contribution in [-0.4, -0.2) is 21.5 Å². The minimum atomic E-state index is 0.0531. The number of aromatic nitrogens is 2. The fourth-order valence-electron chi connectivity index (χ4n) is 1.22. The first-order valence-corrected chi connectivity index (χ1v) is 6.29. The van der Waals surface area contributed by atoms with Crippen LogP contribution in [0, 0.1) is 0 Å². The molecule has 5 heteroatoms. The van der Waals surface area contributed by atoms with E-state index in [1.807, 2.05) is 0 Å². The van der Waals surface area contributed by atoms with E-state index in [0.29, 0.717) is 16.3 Å². The summed E-state index contributed by atoms with van der Waals surface area (Å²) in [7, 11) is 0. The van der Waals surface area contributed by atoms with Gasteiger partial charge in [0.1, 0.15) is 5.03 Å². The van der Waals surface area contributed by atoms with Crippen LogP contribution in [-0.2, 0) is 0 Å². The number of thioether (sulfide) groups is 1. The molecule has 1 aromatic carbocycles. The zero-order chi connectivity index (χ0) is 12.1. The summed E-state index contributed by atoms with van der Waals surface area (Å²) in [4.78, 5) is 19.8. The van der Waals surface area contributed by atoms with Gasteiger partial charge >= 0.3 is 0 Å². The van der Waals surface area contributed by atoms with E-state index in [2.05, 4.69) is 9.97 Å². The van der Waals surface area contributed by atoms with Crippen molar-refractivity contribution in [3.63, 3.8) is 0 Å². The van der Waals surface area contributed by atoms with E-state index in [0.717, 1.165) is 5.03 Å². The molecule has 0 bridgehead atoms. The van der Waals surface area contributed by atoms with Crippen LogP contribution < -0.4 is 0 Å². The van der Waals surface area contributed by atoms with Gasteiger partial charge in [-0.1, -0.05) is 23.4 Å². The fraction of sp³-hybridized carbons (Fsp3) is 0.0833. The Morgan fingerprint density at radius 1 is 1.24 bits per heavy atom. The molecule has 0 radical (unpaired) electrons. The van der Waals surface area contributed by atoms with Gasteiger partial charge in [-0.2, -0.15) is 0 Å². The van der Waals surface area contributed by atoms with E-state index in [4.69, 9.17) is 11.6 Å². The second-order valence-corrected chi connectivity index (χ2v) is 4.69. The Bertz CT molecular complexity index is 502. The Hall–Kier alpha value is -1.39. The third-order valence-corrected chi connectivity index (χ3v) is 3.22. The number of ketones is 1. The topological polar surface area (TPSA) is 42.9 Å². The highest BCUT2D eigenvalue weighted by atomic mass is 35.5. The molecule has 0 aliphatic rings. The van der Waals surface area contributed by atoms with Gasteiger partial charge in [0.2, 0.25) is 0 Å². The summed E-state index contributed by atoms with van der Waals surface area (Å²) in [6, 6.07) is 6.87. The van der Waals surface area contributed by atoms with Crippen LogP contribution >= 0.6 is 23.4 Å². The first kappa shape index (κ1) is 12.1. The van der Waals surface area contributed by atoms with Gasteiger partial charge in [0.25, 0.3) is 0 Å². The van der Waals surface area contributed by atoms with Gasteiger partial charge in [-0.25, -0.2) is 4.98 Å². The van der Waals surface area contributed by atoms with Crippen molar-refractivity contribution in [3.8, 4) is 0 Å². The SMILES string of the molecule is O=C(CSc1cnccn1)c1ccc(Cl)cc1. The summed E-state index contributed by atoms with van der Waals surface area (Å²) in [6.07, 6.45) is 4.85. The Morgan fingerprint density at radius 3 is 2.65 bits per heavy atom. The number of hydrogen-bond acceptors (Lipinski definition) is 4. The van der Waals surface area contributed by atoms with E-state index < -0.39 is 0 Å². The van der Waals surface area contributed by atoms with Crippen LogP contribution in [0.4, 0.5) is 0 Å². The standard InChI is InChI=1S/C12H9ClN2OS/c13-10-3-1-9(2-4-10)11(16)8-17-12-7-14-5-6-15-12/h1-7H,8H2. The summed E-state index contributed by atoms with van der Waals surface area (Å²) in [6.45, 7) is 0. The Morgan fingerprint density at radius 2 is 2.00 bits per heavy atom. The van der Waals surface area contributed by atoms with E-state index in [1.54, 1.807) is 42.9 Å². The van der Waals surface area contributed by atoms with Crippen molar-refractivity contribution in [1.82, 2.24) is 9.97 Å². The number of carbonyl (C=O) groups is 1. The first-order valence-electron chi connectivity index (χ1n) is 4.93. The largest absolute Gasteiger partial charge is 0.293 e. The summed E-state index contributed by atoms with van der Waals surface area (Å²) >= 11 is 7.13. The number of Topliss-reactive ketones (excluding diaryl/α,β-unsaturated/α-hetero) is 1. The van der Waals surface area contributed by atoms with Crippen LogP contribution in [0.3, 0.4) is 0 Å². The molecular weight excluding hydrogens is 256 g/mol. The number of halogens is 1. The lowest BCUT2D eigenvalue weighted by atomic mass is 10.1. The molecule has 0 N–H and O–H groups in total. The van der Waals surface area contributed by atoms with Gasteiger partial charge in [0, 0.05) is 23.0 Å². The van der Waals surface area contributed by atoms with E-state index in [9.17, 15) is 4.79 Å². The van der Waals surface area contributed by atoms with Crippen LogP contribution in [0.2, 0.25) is 5.02 Å². The van der Waals surface area contributed by atoms with Crippen molar-refractivity contribution >= 4 is 29.1 Å². The lowest BCUT2D eigenvalue weighted by Crippen LogP contribution is -2.02. The Kier molecular flexibility index (Phi) is 4.12. The number of carbonyl (C=O) groups excluding carboxylic acids is 1. The molecule has 2 rings (SSSR count). The molecule has 0 amide bonds. The summed E-state index contributed by atoms with van der Waals surface area (Å²) in [5.74, 6) is 0.401. The summed E-state index contributed by atoms with van der Waals surface area (Å²) in [5.41, 5.74) is 0.658. The Balaban J connectivity index is 1.96. The fourth-order valence-corrected chi connectivity index (χ4v) is 2.06. The molecule has 0 aliphatic heterocycles. The molecular formula is C12H9ClN2OS. The van der Waals surface area contributed by atoms with E-state index in [1.165, 1.54) is 11.8 Å². The quantitative estimate of drug-likeness (QED) is 0.629. The number of hydrogen-bond donors (Lipinski definition) is 0. The summed E-state index contributed by atoms with van der Waals surface area (Å²) < 4.78 is 0. The minimum Gasteiger partial charge on any atom is -0.293 e.